The summed E-state index contributed by atoms with van der Waals surface area (Å²) in [5.74, 6) is 0. The maximum atomic E-state index is 10.3. The largest absolute Gasteiger partial charge is 0.315 e. The summed E-state index contributed by atoms with van der Waals surface area (Å²) in [5, 5.41) is 3.23. The van der Waals surface area contributed by atoms with Gasteiger partial charge in [0.1, 0.15) is 0 Å². The summed E-state index contributed by atoms with van der Waals surface area (Å²) in [6, 6.07) is 0. The normalized spacial score (nSPS) is 17.2. The number of allylic oxidation sites excluding steroid dienone is 4. The minimum Gasteiger partial charge on any atom is -0.315 e. The first-order valence-corrected chi connectivity index (χ1v) is 6.77. The average molecular weight is 244 g/mol. The second-order valence-corrected chi connectivity index (χ2v) is 4.56. The zero-order valence-electron chi connectivity index (χ0n) is 9.45. The molecule has 1 aliphatic rings. The maximum absolute atomic E-state index is 10.3. The fourth-order valence-electron chi connectivity index (χ4n) is 1.65. The molecule has 1 atom stereocenters. The van der Waals surface area contributed by atoms with Crippen LogP contribution in [0.3, 0.4) is 0 Å². The molecule has 3 N–H and O–H groups in total. The number of hydrogen-bond donors (Lipinski definition) is 3. The third-order valence-corrected chi connectivity index (χ3v) is 2.92. The molecular weight excluding hydrogens is 224 g/mol. The van der Waals surface area contributed by atoms with Crippen molar-refractivity contribution >= 4 is 11.3 Å². The van der Waals surface area contributed by atoms with Gasteiger partial charge in [0.05, 0.1) is 0 Å². The molecule has 0 radical (unpaired) electrons. The van der Waals surface area contributed by atoms with Gasteiger partial charge in [-0.1, -0.05) is 23.8 Å². The van der Waals surface area contributed by atoms with E-state index in [4.69, 9.17) is 4.55 Å². The predicted octanol–water partition coefficient (Wildman–Crippen LogP) is 1.36. The van der Waals surface area contributed by atoms with E-state index in [0.717, 1.165) is 38.8 Å². The smallest absolute Gasteiger partial charge is 0.231 e. The van der Waals surface area contributed by atoms with Crippen molar-refractivity contribution in [3.8, 4) is 0 Å². The standard InChI is InChI=1S/C11H20N2O2S/c14-16(15)13-10-9-12-8-4-7-11-5-2-1-3-6-11/h1-2,6,12-13H,3-5,7-10H2,(H,14,15). The van der Waals surface area contributed by atoms with Crippen LogP contribution in [0.5, 0.6) is 0 Å². The topological polar surface area (TPSA) is 61.4 Å². The van der Waals surface area contributed by atoms with E-state index >= 15 is 0 Å². The van der Waals surface area contributed by atoms with Crippen LogP contribution in [0.4, 0.5) is 0 Å². The van der Waals surface area contributed by atoms with Gasteiger partial charge < -0.3 is 5.32 Å². The Morgan fingerprint density at radius 1 is 1.31 bits per heavy atom. The molecule has 0 amide bonds. The van der Waals surface area contributed by atoms with E-state index in [1.165, 1.54) is 5.57 Å². The van der Waals surface area contributed by atoms with Crippen molar-refractivity contribution in [1.82, 2.24) is 10.0 Å². The van der Waals surface area contributed by atoms with Crippen LogP contribution < -0.4 is 10.0 Å². The predicted molar refractivity (Wildman–Crippen MR) is 67.3 cm³/mol. The van der Waals surface area contributed by atoms with Crippen LogP contribution in [-0.4, -0.2) is 28.4 Å². The Hall–Kier alpha value is -0.490. The Morgan fingerprint density at radius 3 is 2.88 bits per heavy atom. The molecule has 0 aromatic rings. The molecule has 0 aromatic heterocycles. The second kappa shape index (κ2) is 8.64. The van der Waals surface area contributed by atoms with Gasteiger partial charge in [0, 0.05) is 13.1 Å². The zero-order valence-corrected chi connectivity index (χ0v) is 10.3. The van der Waals surface area contributed by atoms with Crippen molar-refractivity contribution in [3.05, 3.63) is 23.8 Å². The molecule has 92 valence electrons. The molecule has 0 aliphatic heterocycles. The van der Waals surface area contributed by atoms with Gasteiger partial charge in [-0.15, -0.1) is 0 Å². The summed E-state index contributed by atoms with van der Waals surface area (Å²) < 4.78 is 21.1. The molecule has 0 aromatic carbocycles. The van der Waals surface area contributed by atoms with E-state index in [1.54, 1.807) is 0 Å². The molecule has 0 fully saturated rings. The summed E-state index contributed by atoms with van der Waals surface area (Å²) in [6.45, 7) is 2.21. The van der Waals surface area contributed by atoms with Crippen LogP contribution in [-0.2, 0) is 11.3 Å². The maximum Gasteiger partial charge on any atom is 0.231 e. The lowest BCUT2D eigenvalue weighted by atomic mass is 10.0. The molecular formula is C11H20N2O2S. The van der Waals surface area contributed by atoms with E-state index < -0.39 is 11.3 Å². The lowest BCUT2D eigenvalue weighted by Gasteiger charge is -2.08. The highest BCUT2D eigenvalue weighted by molar-refractivity contribution is 7.77. The molecule has 16 heavy (non-hydrogen) atoms. The van der Waals surface area contributed by atoms with Gasteiger partial charge >= 0.3 is 0 Å². The number of nitrogens with one attached hydrogen (secondary N) is 2. The van der Waals surface area contributed by atoms with Gasteiger partial charge in [0.25, 0.3) is 0 Å². The zero-order chi connectivity index (χ0) is 11.6. The Morgan fingerprint density at radius 2 is 2.19 bits per heavy atom. The summed E-state index contributed by atoms with van der Waals surface area (Å²) >= 11 is -1.88. The van der Waals surface area contributed by atoms with Crippen molar-refractivity contribution in [3.63, 3.8) is 0 Å². The van der Waals surface area contributed by atoms with Crippen molar-refractivity contribution in [2.24, 2.45) is 0 Å². The van der Waals surface area contributed by atoms with Gasteiger partial charge in [-0.2, -0.15) is 0 Å². The van der Waals surface area contributed by atoms with Gasteiger partial charge in [-0.05, 0) is 32.2 Å². The number of rotatable bonds is 8. The van der Waals surface area contributed by atoms with Crippen molar-refractivity contribution in [2.75, 3.05) is 19.6 Å². The van der Waals surface area contributed by atoms with Crippen LogP contribution in [0, 0.1) is 0 Å². The fraction of sp³-hybridized carbons (Fsp3) is 0.636. The average Bonchev–Trinajstić information content (AvgIpc) is 2.29. The monoisotopic (exact) mass is 244 g/mol. The van der Waals surface area contributed by atoms with Crippen LogP contribution in [0.2, 0.25) is 0 Å². The van der Waals surface area contributed by atoms with Crippen LogP contribution >= 0.6 is 0 Å². The molecule has 1 unspecified atom stereocenters. The highest BCUT2D eigenvalue weighted by atomic mass is 32.2. The van der Waals surface area contributed by atoms with Crippen LogP contribution in [0.15, 0.2) is 23.8 Å². The molecule has 0 spiro atoms. The first kappa shape index (κ1) is 13.6. The summed E-state index contributed by atoms with van der Waals surface area (Å²) in [4.78, 5) is 0. The van der Waals surface area contributed by atoms with E-state index in [9.17, 15) is 4.21 Å². The summed E-state index contributed by atoms with van der Waals surface area (Å²) in [7, 11) is 0. The Bertz CT molecular complexity index is 277. The van der Waals surface area contributed by atoms with Gasteiger partial charge in [0.2, 0.25) is 11.3 Å². The Balaban J connectivity index is 1.88. The van der Waals surface area contributed by atoms with Crippen molar-refractivity contribution in [1.29, 1.82) is 0 Å². The van der Waals surface area contributed by atoms with E-state index in [0.29, 0.717) is 6.54 Å². The fourth-order valence-corrected chi connectivity index (χ4v) is 1.92. The van der Waals surface area contributed by atoms with Crippen LogP contribution in [0.1, 0.15) is 25.7 Å². The Labute approximate surface area is 99.6 Å². The highest BCUT2D eigenvalue weighted by Crippen LogP contribution is 2.15. The molecule has 1 rings (SSSR count). The minimum atomic E-state index is -1.88. The lowest BCUT2D eigenvalue weighted by Crippen LogP contribution is -2.28. The summed E-state index contributed by atoms with van der Waals surface area (Å²) in [6.07, 6.45) is 11.2. The summed E-state index contributed by atoms with van der Waals surface area (Å²) in [5.41, 5.74) is 1.53. The SMILES string of the molecule is O=S(O)NCCNCCCC1=CCC=CC1. The van der Waals surface area contributed by atoms with Gasteiger partial charge in [-0.25, -0.2) is 8.93 Å². The number of hydrogen-bond acceptors (Lipinski definition) is 2. The second-order valence-electron chi connectivity index (χ2n) is 3.77. The molecule has 1 aliphatic carbocycles. The lowest BCUT2D eigenvalue weighted by molar-refractivity contribution is 0.544. The molecule has 0 bridgehead atoms. The first-order valence-electron chi connectivity index (χ1n) is 5.67. The highest BCUT2D eigenvalue weighted by Gasteiger charge is 1.98. The molecule has 0 saturated carbocycles. The minimum absolute atomic E-state index is 0.522. The van der Waals surface area contributed by atoms with E-state index in [1.807, 2.05) is 0 Å². The molecule has 4 nitrogen and oxygen atoms in total. The molecule has 0 saturated heterocycles. The third-order valence-electron chi connectivity index (χ3n) is 2.47. The quantitative estimate of drug-likeness (QED) is 0.343. The molecule has 5 heteroatoms. The Kier molecular flexibility index (Phi) is 7.33. The van der Waals surface area contributed by atoms with Crippen molar-refractivity contribution < 1.29 is 8.76 Å². The van der Waals surface area contributed by atoms with Crippen molar-refractivity contribution in [2.45, 2.75) is 25.7 Å². The van der Waals surface area contributed by atoms with E-state index in [2.05, 4.69) is 28.3 Å². The molecule has 0 heterocycles. The van der Waals surface area contributed by atoms with Gasteiger partial charge in [-0.3, -0.25) is 4.55 Å². The van der Waals surface area contributed by atoms with Crippen LogP contribution in [0.25, 0.3) is 0 Å². The van der Waals surface area contributed by atoms with E-state index in [-0.39, 0.29) is 0 Å². The third kappa shape index (κ3) is 6.90. The first-order chi connectivity index (χ1) is 7.79. The van der Waals surface area contributed by atoms with Gasteiger partial charge in [0.15, 0.2) is 0 Å².